The van der Waals surface area contributed by atoms with Crippen molar-refractivity contribution in [2.45, 2.75) is 33.2 Å². The Labute approximate surface area is 212 Å². The summed E-state index contributed by atoms with van der Waals surface area (Å²) in [5, 5.41) is 13.9. The van der Waals surface area contributed by atoms with Crippen molar-refractivity contribution in [3.05, 3.63) is 69.8 Å². The minimum absolute atomic E-state index is 0.0185. The van der Waals surface area contributed by atoms with E-state index in [1.807, 2.05) is 43.5 Å². The van der Waals surface area contributed by atoms with Gasteiger partial charge in [-0.3, -0.25) is 9.59 Å². The summed E-state index contributed by atoms with van der Waals surface area (Å²) in [5.41, 5.74) is 2.50. The van der Waals surface area contributed by atoms with Gasteiger partial charge in [-0.25, -0.2) is 19.3 Å². The molecule has 4 aromatic heterocycles. The van der Waals surface area contributed by atoms with Crippen LogP contribution in [-0.2, 0) is 11.3 Å². The maximum Gasteiger partial charge on any atom is 0.266 e. The van der Waals surface area contributed by atoms with Gasteiger partial charge in [0, 0.05) is 37.5 Å². The Bertz CT molecular complexity index is 1410. The van der Waals surface area contributed by atoms with Crippen LogP contribution in [0.3, 0.4) is 0 Å². The highest BCUT2D eigenvalue weighted by Crippen LogP contribution is 2.23. The number of aryl methyl sites for hydroxylation is 2. The maximum absolute atomic E-state index is 12.9. The molecule has 186 valence electrons. The third kappa shape index (κ3) is 5.20. The molecule has 1 aliphatic rings. The molecule has 1 N–H and O–H groups in total. The van der Waals surface area contributed by atoms with E-state index in [-0.39, 0.29) is 17.4 Å². The zero-order chi connectivity index (χ0) is 25.1. The molecule has 1 amide bonds. The first-order valence-electron chi connectivity index (χ1n) is 12.0. The van der Waals surface area contributed by atoms with Gasteiger partial charge >= 0.3 is 0 Å². The number of nitrogens with zero attached hydrogens (tertiary/aromatic N) is 7. The molecule has 0 aromatic carbocycles. The number of hydrogen-bond donors (Lipinski definition) is 1. The summed E-state index contributed by atoms with van der Waals surface area (Å²) in [4.78, 5) is 37.2. The number of aromatic nitrogens is 6. The van der Waals surface area contributed by atoms with Crippen molar-refractivity contribution in [2.24, 2.45) is 5.92 Å². The largest absolute Gasteiger partial charge is 0.356 e. The van der Waals surface area contributed by atoms with E-state index in [1.165, 1.54) is 10.7 Å². The lowest BCUT2D eigenvalue weighted by Crippen LogP contribution is -2.44. The second-order valence-electron chi connectivity index (χ2n) is 8.91. The van der Waals surface area contributed by atoms with E-state index in [0.717, 1.165) is 47.2 Å². The van der Waals surface area contributed by atoms with Crippen LogP contribution < -0.4 is 15.8 Å². The van der Waals surface area contributed by atoms with Crippen LogP contribution in [0.5, 0.6) is 0 Å². The first-order valence-corrected chi connectivity index (χ1v) is 12.9. The van der Waals surface area contributed by atoms with Crippen LogP contribution in [0.1, 0.15) is 24.2 Å². The number of anilines is 1. The highest BCUT2D eigenvalue weighted by molar-refractivity contribution is 7.13. The average molecular weight is 505 g/mol. The summed E-state index contributed by atoms with van der Waals surface area (Å²) in [5.74, 6) is 1.31. The molecular formula is C25H28N8O2S. The van der Waals surface area contributed by atoms with E-state index < -0.39 is 0 Å². The van der Waals surface area contributed by atoms with Gasteiger partial charge in [0.15, 0.2) is 5.82 Å². The van der Waals surface area contributed by atoms with Crippen molar-refractivity contribution in [1.29, 1.82) is 0 Å². The summed E-state index contributed by atoms with van der Waals surface area (Å²) in [6, 6.07) is 11.1. The highest BCUT2D eigenvalue weighted by atomic mass is 32.1. The van der Waals surface area contributed by atoms with Crippen molar-refractivity contribution in [3.8, 4) is 16.4 Å². The van der Waals surface area contributed by atoms with Crippen molar-refractivity contribution in [2.75, 3.05) is 24.5 Å². The van der Waals surface area contributed by atoms with Gasteiger partial charge in [0.1, 0.15) is 17.8 Å². The topological polar surface area (TPSA) is 111 Å². The first-order chi connectivity index (χ1) is 17.5. The minimum Gasteiger partial charge on any atom is -0.356 e. The molecular weight excluding hydrogens is 476 g/mol. The molecule has 4 aromatic rings. The predicted octanol–water partition coefficient (Wildman–Crippen LogP) is 2.60. The van der Waals surface area contributed by atoms with E-state index >= 15 is 0 Å². The predicted molar refractivity (Wildman–Crippen MR) is 138 cm³/mol. The van der Waals surface area contributed by atoms with E-state index in [1.54, 1.807) is 28.4 Å². The molecule has 1 unspecified atom stereocenters. The number of rotatable bonds is 7. The fourth-order valence-corrected chi connectivity index (χ4v) is 5.17. The summed E-state index contributed by atoms with van der Waals surface area (Å²) in [7, 11) is 0. The van der Waals surface area contributed by atoms with Gasteiger partial charge in [-0.2, -0.15) is 10.2 Å². The van der Waals surface area contributed by atoms with Gasteiger partial charge in [-0.05, 0) is 50.3 Å². The van der Waals surface area contributed by atoms with E-state index in [9.17, 15) is 9.59 Å². The third-order valence-electron chi connectivity index (χ3n) is 6.24. The normalized spacial score (nSPS) is 15.7. The first kappa shape index (κ1) is 23.9. The quantitative estimate of drug-likeness (QED) is 0.412. The van der Waals surface area contributed by atoms with Crippen molar-refractivity contribution in [1.82, 2.24) is 34.8 Å². The fraction of sp³-hybridized carbons (Fsp3) is 0.360. The van der Waals surface area contributed by atoms with Gasteiger partial charge in [0.05, 0.1) is 23.0 Å². The molecule has 0 aliphatic carbocycles. The molecule has 0 spiro atoms. The molecule has 1 fully saturated rings. The molecule has 36 heavy (non-hydrogen) atoms. The van der Waals surface area contributed by atoms with Crippen LogP contribution >= 0.6 is 11.3 Å². The lowest BCUT2D eigenvalue weighted by molar-refractivity contribution is -0.125. The second kappa shape index (κ2) is 10.4. The highest BCUT2D eigenvalue weighted by Gasteiger charge is 2.26. The van der Waals surface area contributed by atoms with E-state index in [2.05, 4.69) is 30.4 Å². The molecule has 10 nitrogen and oxygen atoms in total. The zero-order valence-corrected chi connectivity index (χ0v) is 21.1. The van der Waals surface area contributed by atoms with Crippen molar-refractivity contribution in [3.63, 3.8) is 0 Å². The lowest BCUT2D eigenvalue weighted by atomic mass is 9.97. The average Bonchev–Trinajstić information content (AvgIpc) is 3.55. The van der Waals surface area contributed by atoms with E-state index in [0.29, 0.717) is 25.5 Å². The number of hydrogen-bond acceptors (Lipinski definition) is 8. The number of carbonyl (C=O) groups excluding carboxylic acids is 1. The van der Waals surface area contributed by atoms with Crippen LogP contribution in [0.2, 0.25) is 0 Å². The summed E-state index contributed by atoms with van der Waals surface area (Å²) in [6.45, 7) is 6.00. The second-order valence-corrected chi connectivity index (χ2v) is 9.85. The number of nitrogens with one attached hydrogen (secondary N) is 1. The smallest absolute Gasteiger partial charge is 0.266 e. The van der Waals surface area contributed by atoms with Crippen LogP contribution in [0.4, 0.5) is 5.82 Å². The van der Waals surface area contributed by atoms with Crippen LogP contribution in [0, 0.1) is 19.8 Å². The molecule has 5 heterocycles. The minimum atomic E-state index is -0.185. The third-order valence-corrected chi connectivity index (χ3v) is 7.14. The molecule has 0 radical (unpaired) electrons. The van der Waals surface area contributed by atoms with E-state index in [4.69, 9.17) is 0 Å². The summed E-state index contributed by atoms with van der Waals surface area (Å²) >= 11 is 1.57. The Kier molecular flexibility index (Phi) is 6.90. The summed E-state index contributed by atoms with van der Waals surface area (Å²) < 4.78 is 3.21. The van der Waals surface area contributed by atoms with Crippen LogP contribution in [0.15, 0.2) is 52.9 Å². The van der Waals surface area contributed by atoms with Crippen LogP contribution in [0.25, 0.3) is 16.4 Å². The number of piperidine rings is 1. The maximum atomic E-state index is 12.9. The molecule has 0 bridgehead atoms. The monoisotopic (exact) mass is 504 g/mol. The van der Waals surface area contributed by atoms with Crippen molar-refractivity contribution >= 4 is 23.1 Å². The standard InChI is InChI=1S/C25H28N8O2S/c1-17-13-18(2)33(29-17)23-14-22(27-16-28-23)31-10-3-5-19(15-31)25(35)26-9-11-32-24(34)8-7-20(30-32)21-6-4-12-36-21/h4,6-8,12-14,16,19H,3,5,9-11,15H2,1-2H3,(H,26,35). The Balaban J connectivity index is 1.20. The Hall–Kier alpha value is -3.86. The molecule has 1 atom stereocenters. The SMILES string of the molecule is Cc1cc(C)n(-c2cc(N3CCCC(C(=O)NCCn4nc(-c5cccs5)ccc4=O)C3)ncn2)n1. The molecule has 0 saturated carbocycles. The Morgan fingerprint density at radius 2 is 2.00 bits per heavy atom. The van der Waals surface area contributed by atoms with Gasteiger partial charge in [-0.1, -0.05) is 6.07 Å². The lowest BCUT2D eigenvalue weighted by Gasteiger charge is -2.33. The number of amides is 1. The molecule has 1 aliphatic heterocycles. The Morgan fingerprint density at radius 1 is 1.14 bits per heavy atom. The molecule has 11 heteroatoms. The fourth-order valence-electron chi connectivity index (χ4n) is 4.48. The molecule has 1 saturated heterocycles. The van der Waals surface area contributed by atoms with Crippen LogP contribution in [-0.4, -0.2) is 55.1 Å². The van der Waals surface area contributed by atoms with Gasteiger partial charge < -0.3 is 10.2 Å². The summed E-state index contributed by atoms with van der Waals surface area (Å²) in [6.07, 6.45) is 3.24. The van der Waals surface area contributed by atoms with Gasteiger partial charge in [-0.15, -0.1) is 11.3 Å². The Morgan fingerprint density at radius 3 is 2.78 bits per heavy atom. The number of thiophene rings is 1. The zero-order valence-electron chi connectivity index (χ0n) is 20.3. The van der Waals surface area contributed by atoms with Gasteiger partial charge in [0.25, 0.3) is 5.56 Å². The van der Waals surface area contributed by atoms with Gasteiger partial charge in [0.2, 0.25) is 5.91 Å². The molecule has 5 rings (SSSR count). The number of carbonyl (C=O) groups is 1. The van der Waals surface area contributed by atoms with Crippen molar-refractivity contribution < 1.29 is 4.79 Å².